The molecule has 0 aromatic heterocycles. The van der Waals surface area contributed by atoms with Gasteiger partial charge in [0.2, 0.25) is 5.91 Å². The fourth-order valence-corrected chi connectivity index (χ4v) is 1.24. The topological polar surface area (TPSA) is 41.6 Å². The SMILES string of the molecule is CCN(CCOC)C(=O)CCCNC. The first kappa shape index (κ1) is 13.4. The van der Waals surface area contributed by atoms with E-state index < -0.39 is 0 Å². The van der Waals surface area contributed by atoms with Crippen LogP contribution < -0.4 is 5.32 Å². The van der Waals surface area contributed by atoms with E-state index in [9.17, 15) is 4.79 Å². The summed E-state index contributed by atoms with van der Waals surface area (Å²) in [6.45, 7) is 4.97. The Bertz CT molecular complexity index is 151. The average molecular weight is 202 g/mol. The minimum absolute atomic E-state index is 0.222. The highest BCUT2D eigenvalue weighted by molar-refractivity contribution is 5.76. The van der Waals surface area contributed by atoms with Crippen LogP contribution in [0, 0.1) is 0 Å². The molecule has 84 valence electrons. The fourth-order valence-electron chi connectivity index (χ4n) is 1.24. The Labute approximate surface area is 86.6 Å². The van der Waals surface area contributed by atoms with E-state index in [0.29, 0.717) is 19.6 Å². The van der Waals surface area contributed by atoms with E-state index in [1.165, 1.54) is 0 Å². The maximum Gasteiger partial charge on any atom is 0.222 e. The van der Waals surface area contributed by atoms with Gasteiger partial charge in [-0.2, -0.15) is 0 Å². The Balaban J connectivity index is 3.67. The number of amides is 1. The van der Waals surface area contributed by atoms with Crippen molar-refractivity contribution in [1.82, 2.24) is 10.2 Å². The number of carbonyl (C=O) groups is 1. The minimum Gasteiger partial charge on any atom is -0.383 e. The van der Waals surface area contributed by atoms with Crippen LogP contribution in [0.15, 0.2) is 0 Å². The van der Waals surface area contributed by atoms with Crippen LogP contribution in [-0.4, -0.2) is 51.2 Å². The van der Waals surface area contributed by atoms with Crippen LogP contribution in [-0.2, 0) is 9.53 Å². The molecule has 0 aromatic rings. The Morgan fingerprint density at radius 3 is 2.71 bits per heavy atom. The summed E-state index contributed by atoms with van der Waals surface area (Å²) >= 11 is 0. The van der Waals surface area contributed by atoms with E-state index in [2.05, 4.69) is 5.32 Å². The normalized spacial score (nSPS) is 10.2. The number of hydrogen-bond acceptors (Lipinski definition) is 3. The van der Waals surface area contributed by atoms with Gasteiger partial charge in [0.15, 0.2) is 0 Å². The van der Waals surface area contributed by atoms with E-state index >= 15 is 0 Å². The molecule has 0 aliphatic rings. The molecule has 14 heavy (non-hydrogen) atoms. The van der Waals surface area contributed by atoms with Crippen molar-refractivity contribution in [3.63, 3.8) is 0 Å². The molecular formula is C10H22N2O2. The molecule has 0 unspecified atom stereocenters. The lowest BCUT2D eigenvalue weighted by molar-refractivity contribution is -0.131. The van der Waals surface area contributed by atoms with Crippen LogP contribution >= 0.6 is 0 Å². The van der Waals surface area contributed by atoms with E-state index in [4.69, 9.17) is 4.74 Å². The molecule has 1 amide bonds. The second-order valence-electron chi connectivity index (χ2n) is 3.17. The van der Waals surface area contributed by atoms with Crippen molar-refractivity contribution in [2.45, 2.75) is 19.8 Å². The molecule has 0 saturated carbocycles. The molecule has 0 radical (unpaired) electrons. The third kappa shape index (κ3) is 5.94. The number of nitrogens with one attached hydrogen (secondary N) is 1. The third-order valence-corrected chi connectivity index (χ3v) is 2.12. The van der Waals surface area contributed by atoms with Crippen LogP contribution in [0.2, 0.25) is 0 Å². The highest BCUT2D eigenvalue weighted by atomic mass is 16.5. The largest absolute Gasteiger partial charge is 0.383 e. The molecule has 0 atom stereocenters. The van der Waals surface area contributed by atoms with Gasteiger partial charge >= 0.3 is 0 Å². The second-order valence-corrected chi connectivity index (χ2v) is 3.17. The summed E-state index contributed by atoms with van der Waals surface area (Å²) in [5, 5.41) is 3.03. The number of ether oxygens (including phenoxy) is 1. The number of nitrogens with zero attached hydrogens (tertiary/aromatic N) is 1. The average Bonchev–Trinajstić information content (AvgIpc) is 2.19. The van der Waals surface area contributed by atoms with Gasteiger partial charge in [0.05, 0.1) is 6.61 Å². The van der Waals surface area contributed by atoms with Crippen LogP contribution in [0.3, 0.4) is 0 Å². The molecule has 0 saturated heterocycles. The van der Waals surface area contributed by atoms with Crippen molar-refractivity contribution < 1.29 is 9.53 Å². The van der Waals surface area contributed by atoms with E-state index in [-0.39, 0.29) is 5.91 Å². The van der Waals surface area contributed by atoms with E-state index in [1.807, 2.05) is 18.9 Å². The van der Waals surface area contributed by atoms with Crippen molar-refractivity contribution >= 4 is 5.91 Å². The van der Waals surface area contributed by atoms with Crippen LogP contribution in [0.25, 0.3) is 0 Å². The molecule has 0 heterocycles. The number of rotatable bonds is 8. The zero-order chi connectivity index (χ0) is 10.8. The summed E-state index contributed by atoms with van der Waals surface area (Å²) in [6.07, 6.45) is 1.53. The predicted molar refractivity (Wildman–Crippen MR) is 57.3 cm³/mol. The fraction of sp³-hybridized carbons (Fsp3) is 0.900. The highest BCUT2D eigenvalue weighted by Gasteiger charge is 2.09. The Morgan fingerprint density at radius 1 is 1.50 bits per heavy atom. The first-order valence-electron chi connectivity index (χ1n) is 5.17. The molecular weight excluding hydrogens is 180 g/mol. The summed E-state index contributed by atoms with van der Waals surface area (Å²) in [7, 11) is 3.55. The first-order valence-corrected chi connectivity index (χ1v) is 5.17. The molecule has 0 aliphatic carbocycles. The lowest BCUT2D eigenvalue weighted by Crippen LogP contribution is -2.33. The van der Waals surface area contributed by atoms with Crippen molar-refractivity contribution in [2.24, 2.45) is 0 Å². The quantitative estimate of drug-likeness (QED) is 0.582. The van der Waals surface area contributed by atoms with Gasteiger partial charge in [0.25, 0.3) is 0 Å². The number of methoxy groups -OCH3 is 1. The summed E-state index contributed by atoms with van der Waals surface area (Å²) in [6, 6.07) is 0. The molecule has 0 bridgehead atoms. The van der Waals surface area contributed by atoms with Gasteiger partial charge in [0, 0.05) is 26.6 Å². The highest BCUT2D eigenvalue weighted by Crippen LogP contribution is 1.97. The molecule has 4 nitrogen and oxygen atoms in total. The molecule has 1 N–H and O–H groups in total. The van der Waals surface area contributed by atoms with Gasteiger partial charge in [-0.15, -0.1) is 0 Å². The second kappa shape index (κ2) is 8.97. The van der Waals surface area contributed by atoms with Crippen LogP contribution in [0.5, 0.6) is 0 Å². The van der Waals surface area contributed by atoms with E-state index in [1.54, 1.807) is 7.11 Å². The van der Waals surface area contributed by atoms with Crippen molar-refractivity contribution in [3.05, 3.63) is 0 Å². The number of carbonyl (C=O) groups excluding carboxylic acids is 1. The molecule has 0 aliphatic heterocycles. The van der Waals surface area contributed by atoms with Crippen molar-refractivity contribution in [2.75, 3.05) is 40.4 Å². The molecule has 0 aromatic carbocycles. The number of hydrogen-bond donors (Lipinski definition) is 1. The maximum atomic E-state index is 11.6. The Kier molecular flexibility index (Phi) is 8.57. The lowest BCUT2D eigenvalue weighted by Gasteiger charge is -2.20. The smallest absolute Gasteiger partial charge is 0.222 e. The number of likely N-dealkylation sites (N-methyl/N-ethyl adjacent to an activating group) is 1. The minimum atomic E-state index is 0.222. The van der Waals surface area contributed by atoms with E-state index in [0.717, 1.165) is 19.5 Å². The third-order valence-electron chi connectivity index (χ3n) is 2.12. The summed E-state index contributed by atoms with van der Waals surface area (Å²) in [5.41, 5.74) is 0. The zero-order valence-electron chi connectivity index (χ0n) is 9.51. The maximum absolute atomic E-state index is 11.6. The monoisotopic (exact) mass is 202 g/mol. The first-order chi connectivity index (χ1) is 6.76. The molecule has 4 heteroatoms. The van der Waals surface area contributed by atoms with Crippen LogP contribution in [0.1, 0.15) is 19.8 Å². The zero-order valence-corrected chi connectivity index (χ0v) is 9.51. The molecule has 0 fully saturated rings. The summed E-state index contributed by atoms with van der Waals surface area (Å²) in [4.78, 5) is 13.4. The van der Waals surface area contributed by atoms with Gasteiger partial charge < -0.3 is 15.0 Å². The van der Waals surface area contributed by atoms with Crippen molar-refractivity contribution in [3.8, 4) is 0 Å². The Hall–Kier alpha value is -0.610. The summed E-state index contributed by atoms with van der Waals surface area (Å²) in [5.74, 6) is 0.222. The lowest BCUT2D eigenvalue weighted by atomic mass is 10.2. The predicted octanol–water partition coefficient (Wildman–Crippen LogP) is 0.481. The standard InChI is InChI=1S/C10H22N2O2/c1-4-12(8-9-14-3)10(13)6-5-7-11-2/h11H,4-9H2,1-3H3. The van der Waals surface area contributed by atoms with Gasteiger partial charge in [0.1, 0.15) is 0 Å². The van der Waals surface area contributed by atoms with Gasteiger partial charge in [-0.1, -0.05) is 0 Å². The van der Waals surface area contributed by atoms with Gasteiger partial charge in [-0.05, 0) is 26.9 Å². The molecule has 0 spiro atoms. The van der Waals surface area contributed by atoms with Crippen LogP contribution in [0.4, 0.5) is 0 Å². The molecule has 0 rings (SSSR count). The van der Waals surface area contributed by atoms with Crippen molar-refractivity contribution in [1.29, 1.82) is 0 Å². The van der Waals surface area contributed by atoms with Gasteiger partial charge in [-0.25, -0.2) is 0 Å². The van der Waals surface area contributed by atoms with Gasteiger partial charge in [-0.3, -0.25) is 4.79 Å². The summed E-state index contributed by atoms with van der Waals surface area (Å²) < 4.78 is 4.94. The Morgan fingerprint density at radius 2 is 2.21 bits per heavy atom.